The third-order valence-corrected chi connectivity index (χ3v) is 2.83. The Kier molecular flexibility index (Phi) is 4.06. The van der Waals surface area contributed by atoms with Crippen LogP contribution in [0.2, 0.25) is 0 Å². The molecule has 0 aromatic heterocycles. The van der Waals surface area contributed by atoms with Crippen molar-refractivity contribution in [3.8, 4) is 0 Å². The fraction of sp³-hybridized carbons (Fsp3) is 0.417. The van der Waals surface area contributed by atoms with Gasteiger partial charge in [0.25, 0.3) is 5.91 Å². The van der Waals surface area contributed by atoms with Crippen LogP contribution in [0.5, 0.6) is 0 Å². The van der Waals surface area contributed by atoms with Crippen molar-refractivity contribution in [1.82, 2.24) is 15.8 Å². The lowest BCUT2D eigenvalue weighted by Crippen LogP contribution is -2.52. The molecule has 0 bridgehead atoms. The van der Waals surface area contributed by atoms with Gasteiger partial charge in [-0.05, 0) is 18.2 Å². The standard InChI is InChI=1S/C12H14F3N3O/c13-12(14,15)10-3-1-2-9(8-10)11(19)17-18-6-4-16-5-7-18/h1-3,8,16H,4-7H2,(H,17,19). The normalized spacial score (nSPS) is 17.2. The number of carbonyl (C=O) groups is 1. The molecular formula is C12H14F3N3O. The van der Waals surface area contributed by atoms with Gasteiger partial charge in [0.2, 0.25) is 0 Å². The Labute approximate surface area is 108 Å². The summed E-state index contributed by atoms with van der Waals surface area (Å²) in [6, 6.07) is 4.40. The zero-order valence-corrected chi connectivity index (χ0v) is 10.1. The molecule has 1 heterocycles. The first-order valence-electron chi connectivity index (χ1n) is 5.91. The number of benzene rings is 1. The van der Waals surface area contributed by atoms with Gasteiger partial charge in [0.15, 0.2) is 0 Å². The van der Waals surface area contributed by atoms with E-state index in [9.17, 15) is 18.0 Å². The minimum absolute atomic E-state index is 0.00774. The highest BCUT2D eigenvalue weighted by Gasteiger charge is 2.31. The van der Waals surface area contributed by atoms with E-state index in [1.54, 1.807) is 5.01 Å². The molecule has 0 aliphatic carbocycles. The van der Waals surface area contributed by atoms with Gasteiger partial charge < -0.3 is 5.32 Å². The maximum absolute atomic E-state index is 12.5. The summed E-state index contributed by atoms with van der Waals surface area (Å²) in [4.78, 5) is 11.9. The zero-order valence-electron chi connectivity index (χ0n) is 10.1. The molecule has 0 radical (unpaired) electrons. The summed E-state index contributed by atoms with van der Waals surface area (Å²) in [5.74, 6) is -0.520. The summed E-state index contributed by atoms with van der Waals surface area (Å²) in [5, 5.41) is 4.81. The van der Waals surface area contributed by atoms with E-state index in [-0.39, 0.29) is 5.56 Å². The molecule has 1 saturated heterocycles. The second-order valence-electron chi connectivity index (χ2n) is 4.26. The number of carbonyl (C=O) groups excluding carboxylic acids is 1. The van der Waals surface area contributed by atoms with Gasteiger partial charge >= 0.3 is 6.18 Å². The Morgan fingerprint density at radius 1 is 1.26 bits per heavy atom. The van der Waals surface area contributed by atoms with E-state index < -0.39 is 17.6 Å². The lowest BCUT2D eigenvalue weighted by Gasteiger charge is -2.27. The van der Waals surface area contributed by atoms with E-state index in [2.05, 4.69) is 10.7 Å². The van der Waals surface area contributed by atoms with Crippen molar-refractivity contribution in [3.05, 3.63) is 35.4 Å². The van der Waals surface area contributed by atoms with E-state index in [1.807, 2.05) is 0 Å². The van der Waals surface area contributed by atoms with Gasteiger partial charge in [-0.1, -0.05) is 6.07 Å². The number of halogens is 3. The van der Waals surface area contributed by atoms with Crippen LogP contribution in [0.4, 0.5) is 13.2 Å². The molecule has 0 spiro atoms. The predicted molar refractivity (Wildman–Crippen MR) is 63.4 cm³/mol. The molecule has 2 rings (SSSR count). The van der Waals surface area contributed by atoms with Crippen LogP contribution in [0.15, 0.2) is 24.3 Å². The maximum Gasteiger partial charge on any atom is 0.416 e. The largest absolute Gasteiger partial charge is 0.416 e. The first-order valence-corrected chi connectivity index (χ1v) is 5.91. The Balaban J connectivity index is 2.06. The Morgan fingerprint density at radius 2 is 1.95 bits per heavy atom. The molecule has 0 saturated carbocycles. The molecule has 1 fully saturated rings. The van der Waals surface area contributed by atoms with Crippen molar-refractivity contribution >= 4 is 5.91 Å². The zero-order chi connectivity index (χ0) is 13.9. The molecule has 19 heavy (non-hydrogen) atoms. The van der Waals surface area contributed by atoms with Crippen LogP contribution in [0.25, 0.3) is 0 Å². The van der Waals surface area contributed by atoms with Gasteiger partial charge in [0, 0.05) is 31.7 Å². The van der Waals surface area contributed by atoms with Crippen molar-refractivity contribution in [2.75, 3.05) is 26.2 Å². The van der Waals surface area contributed by atoms with Gasteiger partial charge in [-0.25, -0.2) is 5.01 Å². The van der Waals surface area contributed by atoms with Crippen molar-refractivity contribution in [3.63, 3.8) is 0 Å². The number of nitrogens with zero attached hydrogens (tertiary/aromatic N) is 1. The number of piperazine rings is 1. The van der Waals surface area contributed by atoms with Gasteiger partial charge in [-0.2, -0.15) is 13.2 Å². The molecule has 2 N–H and O–H groups in total. The van der Waals surface area contributed by atoms with Crippen molar-refractivity contribution < 1.29 is 18.0 Å². The molecule has 1 amide bonds. The minimum atomic E-state index is -4.44. The van der Waals surface area contributed by atoms with Crippen LogP contribution >= 0.6 is 0 Å². The summed E-state index contributed by atoms with van der Waals surface area (Å²) < 4.78 is 37.6. The van der Waals surface area contributed by atoms with Crippen LogP contribution in [0.1, 0.15) is 15.9 Å². The van der Waals surface area contributed by atoms with Gasteiger partial charge in [-0.3, -0.25) is 10.2 Å². The summed E-state index contributed by atoms with van der Waals surface area (Å²) in [6.07, 6.45) is -4.44. The third-order valence-electron chi connectivity index (χ3n) is 2.83. The van der Waals surface area contributed by atoms with E-state index in [0.29, 0.717) is 13.1 Å². The van der Waals surface area contributed by atoms with Gasteiger partial charge in [-0.15, -0.1) is 0 Å². The number of hydrazine groups is 1. The summed E-state index contributed by atoms with van der Waals surface area (Å²) in [7, 11) is 0. The van der Waals surface area contributed by atoms with Gasteiger partial charge in [0.05, 0.1) is 5.56 Å². The molecule has 1 aromatic rings. The smallest absolute Gasteiger partial charge is 0.314 e. The van der Waals surface area contributed by atoms with E-state index in [1.165, 1.54) is 12.1 Å². The van der Waals surface area contributed by atoms with Crippen molar-refractivity contribution in [2.24, 2.45) is 0 Å². The first-order chi connectivity index (χ1) is 8.97. The summed E-state index contributed by atoms with van der Waals surface area (Å²) in [5.41, 5.74) is 1.79. The molecule has 0 unspecified atom stereocenters. The van der Waals surface area contributed by atoms with Gasteiger partial charge in [0.1, 0.15) is 0 Å². The maximum atomic E-state index is 12.5. The molecule has 1 aliphatic heterocycles. The fourth-order valence-corrected chi connectivity index (χ4v) is 1.82. The molecule has 1 aromatic carbocycles. The highest BCUT2D eigenvalue weighted by Crippen LogP contribution is 2.29. The summed E-state index contributed by atoms with van der Waals surface area (Å²) >= 11 is 0. The average molecular weight is 273 g/mol. The Bertz CT molecular complexity index is 456. The number of amides is 1. The predicted octanol–water partition coefficient (Wildman–Crippen LogP) is 1.26. The number of alkyl halides is 3. The first kappa shape index (κ1) is 13.8. The third kappa shape index (κ3) is 3.68. The van der Waals surface area contributed by atoms with Crippen LogP contribution in [0.3, 0.4) is 0 Å². The number of hydrogen-bond donors (Lipinski definition) is 2. The second kappa shape index (κ2) is 5.58. The fourth-order valence-electron chi connectivity index (χ4n) is 1.82. The Morgan fingerprint density at radius 3 is 2.58 bits per heavy atom. The molecular weight excluding hydrogens is 259 g/mol. The highest BCUT2D eigenvalue weighted by atomic mass is 19.4. The van der Waals surface area contributed by atoms with Crippen molar-refractivity contribution in [2.45, 2.75) is 6.18 Å². The number of hydrogen-bond acceptors (Lipinski definition) is 3. The lowest BCUT2D eigenvalue weighted by atomic mass is 10.1. The average Bonchev–Trinajstić information content (AvgIpc) is 2.39. The molecule has 4 nitrogen and oxygen atoms in total. The highest BCUT2D eigenvalue weighted by molar-refractivity contribution is 5.94. The summed E-state index contributed by atoms with van der Waals surface area (Å²) in [6.45, 7) is 2.74. The van der Waals surface area contributed by atoms with Crippen LogP contribution < -0.4 is 10.7 Å². The number of rotatable bonds is 2. The van der Waals surface area contributed by atoms with E-state index in [0.717, 1.165) is 25.2 Å². The molecule has 104 valence electrons. The van der Waals surface area contributed by atoms with E-state index in [4.69, 9.17) is 0 Å². The number of nitrogens with one attached hydrogen (secondary N) is 2. The van der Waals surface area contributed by atoms with Crippen LogP contribution in [0, 0.1) is 0 Å². The molecule has 7 heteroatoms. The lowest BCUT2D eigenvalue weighted by molar-refractivity contribution is -0.137. The monoisotopic (exact) mass is 273 g/mol. The topological polar surface area (TPSA) is 44.4 Å². The SMILES string of the molecule is O=C(NN1CCNCC1)c1cccc(C(F)(F)F)c1. The minimum Gasteiger partial charge on any atom is -0.314 e. The quantitative estimate of drug-likeness (QED) is 0.852. The second-order valence-corrected chi connectivity index (χ2v) is 4.26. The molecule has 0 atom stereocenters. The van der Waals surface area contributed by atoms with E-state index >= 15 is 0 Å². The van der Waals surface area contributed by atoms with Crippen LogP contribution in [-0.4, -0.2) is 37.1 Å². The molecule has 1 aliphatic rings. The van der Waals surface area contributed by atoms with Crippen LogP contribution in [-0.2, 0) is 6.18 Å². The Hall–Kier alpha value is -1.60. The van der Waals surface area contributed by atoms with Crippen molar-refractivity contribution in [1.29, 1.82) is 0 Å².